The van der Waals surface area contributed by atoms with Crippen molar-refractivity contribution >= 4 is 28.9 Å². The lowest BCUT2D eigenvalue weighted by molar-refractivity contribution is -0.384. The molecule has 3 N–H and O–H groups in total. The minimum atomic E-state index is -0.766. The van der Waals surface area contributed by atoms with Crippen LogP contribution in [-0.4, -0.2) is 16.9 Å². The van der Waals surface area contributed by atoms with Crippen molar-refractivity contribution in [3.8, 4) is 0 Å². The van der Waals surface area contributed by atoms with E-state index in [4.69, 9.17) is 17.3 Å². The number of nitrogens with one attached hydrogen (secondary N) is 1. The molecule has 0 saturated heterocycles. The van der Waals surface area contributed by atoms with Crippen LogP contribution < -0.4 is 11.1 Å². The second-order valence-electron chi connectivity index (χ2n) is 3.54. The van der Waals surface area contributed by atoms with Crippen LogP contribution >= 0.6 is 11.6 Å². The number of amides is 1. The van der Waals surface area contributed by atoms with Gasteiger partial charge in [0.05, 0.1) is 21.7 Å². The number of nitrogens with two attached hydrogens (primary N) is 1. The van der Waals surface area contributed by atoms with Gasteiger partial charge in [0.25, 0.3) is 5.69 Å². The quantitative estimate of drug-likeness (QED) is 0.486. The Kier molecular flexibility index (Phi) is 4.82. The number of nitrogens with zero attached hydrogens (tertiary/aromatic N) is 1. The summed E-state index contributed by atoms with van der Waals surface area (Å²) in [6.45, 7) is 3.47. The number of carbonyl (C=O) groups excluding carboxylic acids is 1. The number of nitro groups is 1. The lowest BCUT2D eigenvalue weighted by Gasteiger charge is -2.11. The number of non-ortho nitro benzene ring substituents is 1. The summed E-state index contributed by atoms with van der Waals surface area (Å²) in [5.41, 5.74) is 5.57. The zero-order chi connectivity index (χ0) is 13.7. The molecule has 1 aromatic carbocycles. The maximum Gasteiger partial charge on any atom is 0.271 e. The van der Waals surface area contributed by atoms with Crippen LogP contribution in [0.3, 0.4) is 0 Å². The summed E-state index contributed by atoms with van der Waals surface area (Å²) in [6, 6.07) is 3.01. The predicted octanol–water partition coefficient (Wildman–Crippen LogP) is 2.09. The highest BCUT2D eigenvalue weighted by molar-refractivity contribution is 6.33. The Morgan fingerprint density at radius 3 is 2.89 bits per heavy atom. The molecule has 18 heavy (non-hydrogen) atoms. The number of nitro benzene ring substituents is 1. The van der Waals surface area contributed by atoms with Gasteiger partial charge >= 0.3 is 0 Å². The number of hydrogen-bond acceptors (Lipinski definition) is 4. The molecule has 6 nitrogen and oxygen atoms in total. The van der Waals surface area contributed by atoms with Crippen molar-refractivity contribution < 1.29 is 9.72 Å². The second-order valence-corrected chi connectivity index (χ2v) is 3.95. The lowest BCUT2D eigenvalue weighted by atomic mass is 10.2. The molecule has 0 aliphatic heterocycles. The van der Waals surface area contributed by atoms with E-state index in [-0.39, 0.29) is 16.4 Å². The SMILES string of the molecule is C=CCC(N)C(=O)Nc1cc([N+](=O)[O-])ccc1Cl. The summed E-state index contributed by atoms with van der Waals surface area (Å²) in [4.78, 5) is 21.6. The van der Waals surface area contributed by atoms with Crippen LogP contribution in [0.15, 0.2) is 30.9 Å². The van der Waals surface area contributed by atoms with Crippen LogP contribution in [0, 0.1) is 10.1 Å². The molecule has 7 heteroatoms. The highest BCUT2D eigenvalue weighted by Crippen LogP contribution is 2.26. The van der Waals surface area contributed by atoms with Crippen LogP contribution in [0.1, 0.15) is 6.42 Å². The number of halogens is 1. The van der Waals surface area contributed by atoms with Crippen molar-refractivity contribution in [3.63, 3.8) is 0 Å². The topological polar surface area (TPSA) is 98.3 Å². The second kappa shape index (κ2) is 6.13. The van der Waals surface area contributed by atoms with Gasteiger partial charge in [-0.05, 0) is 12.5 Å². The van der Waals surface area contributed by atoms with E-state index >= 15 is 0 Å². The first-order chi connectivity index (χ1) is 8.45. The Morgan fingerprint density at radius 1 is 1.67 bits per heavy atom. The Balaban J connectivity index is 2.89. The molecular weight excluding hydrogens is 258 g/mol. The maximum absolute atomic E-state index is 11.6. The third-order valence-corrected chi connectivity index (χ3v) is 2.51. The van der Waals surface area contributed by atoms with E-state index in [2.05, 4.69) is 11.9 Å². The summed E-state index contributed by atoms with van der Waals surface area (Å²) in [6.07, 6.45) is 1.82. The summed E-state index contributed by atoms with van der Waals surface area (Å²) >= 11 is 5.83. The molecule has 1 atom stereocenters. The van der Waals surface area contributed by atoms with Gasteiger partial charge in [-0.2, -0.15) is 0 Å². The highest BCUT2D eigenvalue weighted by Gasteiger charge is 2.15. The molecule has 1 unspecified atom stereocenters. The van der Waals surface area contributed by atoms with Gasteiger partial charge in [-0.1, -0.05) is 17.7 Å². The number of anilines is 1. The van der Waals surface area contributed by atoms with Gasteiger partial charge in [-0.25, -0.2) is 0 Å². The van der Waals surface area contributed by atoms with Crippen molar-refractivity contribution in [1.82, 2.24) is 0 Å². The largest absolute Gasteiger partial charge is 0.323 e. The first kappa shape index (κ1) is 14.1. The fourth-order valence-corrected chi connectivity index (χ4v) is 1.40. The number of benzene rings is 1. The van der Waals surface area contributed by atoms with Crippen LogP contribution in [0.25, 0.3) is 0 Å². The summed E-state index contributed by atoms with van der Waals surface area (Å²) in [5, 5.41) is 13.2. The lowest BCUT2D eigenvalue weighted by Crippen LogP contribution is -2.35. The highest BCUT2D eigenvalue weighted by atomic mass is 35.5. The Labute approximate surface area is 109 Å². The minimum absolute atomic E-state index is 0.160. The van der Waals surface area contributed by atoms with Crippen molar-refractivity contribution in [3.05, 3.63) is 46.0 Å². The molecule has 96 valence electrons. The maximum atomic E-state index is 11.6. The zero-order valence-corrected chi connectivity index (χ0v) is 10.2. The zero-order valence-electron chi connectivity index (χ0n) is 9.43. The third-order valence-electron chi connectivity index (χ3n) is 2.18. The first-order valence-electron chi connectivity index (χ1n) is 5.07. The van der Waals surface area contributed by atoms with Crippen molar-refractivity contribution in [2.45, 2.75) is 12.5 Å². The van der Waals surface area contributed by atoms with Crippen LogP contribution in [-0.2, 0) is 4.79 Å². The van der Waals surface area contributed by atoms with Gasteiger partial charge in [0, 0.05) is 12.1 Å². The number of carbonyl (C=O) groups is 1. The van der Waals surface area contributed by atoms with Crippen molar-refractivity contribution in [1.29, 1.82) is 0 Å². The molecular formula is C11H12ClN3O3. The van der Waals surface area contributed by atoms with E-state index in [1.807, 2.05) is 0 Å². The van der Waals surface area contributed by atoms with Gasteiger partial charge in [0.1, 0.15) is 0 Å². The minimum Gasteiger partial charge on any atom is -0.323 e. The van der Waals surface area contributed by atoms with Crippen LogP contribution in [0.4, 0.5) is 11.4 Å². The van der Waals surface area contributed by atoms with Gasteiger partial charge in [-0.15, -0.1) is 6.58 Å². The molecule has 1 aromatic rings. The third kappa shape index (κ3) is 3.54. The van der Waals surface area contributed by atoms with E-state index in [9.17, 15) is 14.9 Å². The van der Waals surface area contributed by atoms with Crippen LogP contribution in [0.5, 0.6) is 0 Å². The van der Waals surface area contributed by atoms with E-state index in [0.29, 0.717) is 6.42 Å². The van der Waals surface area contributed by atoms with E-state index in [0.717, 1.165) is 0 Å². The molecule has 0 bridgehead atoms. The summed E-state index contributed by atoms with van der Waals surface area (Å²) in [5.74, 6) is -0.475. The molecule has 1 rings (SSSR count). The van der Waals surface area contributed by atoms with Gasteiger partial charge in [0.15, 0.2) is 0 Å². The van der Waals surface area contributed by atoms with E-state index < -0.39 is 16.9 Å². The molecule has 0 aliphatic carbocycles. The fourth-order valence-electron chi connectivity index (χ4n) is 1.23. The summed E-state index contributed by atoms with van der Waals surface area (Å²) in [7, 11) is 0. The molecule has 0 spiro atoms. The molecule has 0 fully saturated rings. The standard InChI is InChI=1S/C11H12ClN3O3/c1-2-3-9(13)11(16)14-10-6-7(15(17)18)4-5-8(10)12/h2,4-6,9H,1,3,13H2,(H,14,16). The molecule has 0 radical (unpaired) electrons. The van der Waals surface area contributed by atoms with Crippen molar-refractivity contribution in [2.75, 3.05) is 5.32 Å². The summed E-state index contributed by atoms with van der Waals surface area (Å²) < 4.78 is 0. The van der Waals surface area contributed by atoms with E-state index in [1.165, 1.54) is 24.3 Å². The Bertz CT molecular complexity index is 490. The fraction of sp³-hybridized carbons (Fsp3) is 0.182. The molecule has 0 aromatic heterocycles. The van der Waals surface area contributed by atoms with Gasteiger partial charge in [-0.3, -0.25) is 14.9 Å². The number of rotatable bonds is 5. The molecule has 0 saturated carbocycles. The first-order valence-corrected chi connectivity index (χ1v) is 5.44. The molecule has 0 aliphatic rings. The molecule has 1 amide bonds. The van der Waals surface area contributed by atoms with Crippen molar-refractivity contribution in [2.24, 2.45) is 5.73 Å². The average molecular weight is 270 g/mol. The van der Waals surface area contributed by atoms with Gasteiger partial charge < -0.3 is 11.1 Å². The smallest absolute Gasteiger partial charge is 0.271 e. The predicted molar refractivity (Wildman–Crippen MR) is 69.5 cm³/mol. The van der Waals surface area contributed by atoms with Gasteiger partial charge in [0.2, 0.25) is 5.91 Å². The molecule has 0 heterocycles. The average Bonchev–Trinajstić information content (AvgIpc) is 2.31. The Hall–Kier alpha value is -1.92. The monoisotopic (exact) mass is 269 g/mol. The van der Waals surface area contributed by atoms with E-state index in [1.54, 1.807) is 0 Å². The van der Waals surface area contributed by atoms with Crippen LogP contribution in [0.2, 0.25) is 5.02 Å². The Morgan fingerprint density at radius 2 is 2.33 bits per heavy atom. The normalized spacial score (nSPS) is 11.7. The number of hydrogen-bond donors (Lipinski definition) is 2.